The fraction of sp³-hybridized carbons (Fsp3) is 0.567. The Bertz CT molecular complexity index is 876. The number of methoxy groups -OCH3 is 1. The zero-order valence-electron chi connectivity index (χ0n) is 24.1. The van der Waals surface area contributed by atoms with Gasteiger partial charge in [-0.25, -0.2) is 9.18 Å². The molecule has 2 fully saturated rings. The van der Waals surface area contributed by atoms with E-state index in [1.54, 1.807) is 13.2 Å². The summed E-state index contributed by atoms with van der Waals surface area (Å²) in [6, 6.07) is 13.9. The van der Waals surface area contributed by atoms with Crippen LogP contribution in [0, 0.1) is 11.7 Å². The topological polar surface area (TPSA) is 60.5 Å². The molecule has 38 heavy (non-hydrogen) atoms. The standard InChI is InChI=1S/C11H20N2O2.C8H7FO2.C7H8O.2C2H6/c1-12-5-2-10(3-6-12)4-7-13-8-9-15-11(13)14;9-6-1-2-7-8(5-6)11-4-3-10-7;1-8-7-5-3-2-4-6-7;2*1-2/h10H,2-9H2,1H3;1-2,5H,3-4H2;2-6H,1H3;2*1-2H3. The molecule has 0 radical (unpaired) electrons. The Balaban J connectivity index is 0.000000278. The maximum absolute atomic E-state index is 12.6. The summed E-state index contributed by atoms with van der Waals surface area (Å²) in [4.78, 5) is 15.4. The molecular formula is C30H47FN2O5. The van der Waals surface area contributed by atoms with E-state index in [4.69, 9.17) is 18.9 Å². The van der Waals surface area contributed by atoms with Crippen LogP contribution < -0.4 is 14.2 Å². The van der Waals surface area contributed by atoms with E-state index in [0.717, 1.165) is 31.2 Å². The number of cyclic esters (lactones) is 1. The summed E-state index contributed by atoms with van der Waals surface area (Å²) in [5, 5.41) is 0. The minimum Gasteiger partial charge on any atom is -0.497 e. The summed E-state index contributed by atoms with van der Waals surface area (Å²) in [6.45, 7) is 13.7. The van der Waals surface area contributed by atoms with Crippen molar-refractivity contribution in [2.24, 2.45) is 5.92 Å². The molecule has 0 unspecified atom stereocenters. The van der Waals surface area contributed by atoms with Crippen LogP contribution in [0.25, 0.3) is 0 Å². The van der Waals surface area contributed by atoms with Gasteiger partial charge in [-0.3, -0.25) is 0 Å². The van der Waals surface area contributed by atoms with Gasteiger partial charge in [-0.15, -0.1) is 0 Å². The van der Waals surface area contributed by atoms with Crippen LogP contribution in [0.1, 0.15) is 47.0 Å². The van der Waals surface area contributed by atoms with Gasteiger partial charge in [0.1, 0.15) is 31.4 Å². The van der Waals surface area contributed by atoms with Gasteiger partial charge in [0, 0.05) is 12.6 Å². The Morgan fingerprint density at radius 2 is 1.50 bits per heavy atom. The molecule has 0 spiro atoms. The highest BCUT2D eigenvalue weighted by Crippen LogP contribution is 2.29. The van der Waals surface area contributed by atoms with E-state index in [1.165, 1.54) is 38.1 Å². The van der Waals surface area contributed by atoms with Crippen molar-refractivity contribution >= 4 is 6.09 Å². The van der Waals surface area contributed by atoms with Crippen LogP contribution in [0.4, 0.5) is 9.18 Å². The average Bonchev–Trinajstić information content (AvgIpc) is 3.40. The van der Waals surface area contributed by atoms with E-state index in [-0.39, 0.29) is 11.9 Å². The molecule has 0 aliphatic carbocycles. The van der Waals surface area contributed by atoms with Crippen LogP contribution in [-0.2, 0) is 4.74 Å². The summed E-state index contributed by atoms with van der Waals surface area (Å²) in [7, 11) is 3.84. The molecule has 0 atom stereocenters. The van der Waals surface area contributed by atoms with E-state index in [9.17, 15) is 9.18 Å². The van der Waals surface area contributed by atoms with Gasteiger partial charge in [0.15, 0.2) is 11.5 Å². The van der Waals surface area contributed by atoms with Crippen LogP contribution in [-0.4, -0.2) is 76.1 Å². The van der Waals surface area contributed by atoms with Crippen LogP contribution in [0.3, 0.4) is 0 Å². The molecule has 3 aliphatic rings. The second-order valence-electron chi connectivity index (χ2n) is 8.44. The summed E-state index contributed by atoms with van der Waals surface area (Å²) in [5.74, 6) is 2.53. The summed E-state index contributed by atoms with van der Waals surface area (Å²) >= 11 is 0. The van der Waals surface area contributed by atoms with Gasteiger partial charge in [-0.2, -0.15) is 0 Å². The zero-order chi connectivity index (χ0) is 28.2. The first-order valence-corrected chi connectivity index (χ1v) is 13.8. The molecule has 0 bridgehead atoms. The number of rotatable bonds is 4. The minimum absolute atomic E-state index is 0.122. The first-order valence-electron chi connectivity index (χ1n) is 13.8. The Morgan fingerprint density at radius 3 is 2.05 bits per heavy atom. The van der Waals surface area contributed by atoms with Crippen molar-refractivity contribution in [1.29, 1.82) is 0 Å². The van der Waals surface area contributed by atoms with Crippen molar-refractivity contribution in [2.45, 2.75) is 47.0 Å². The highest BCUT2D eigenvalue weighted by atomic mass is 19.1. The van der Waals surface area contributed by atoms with Crippen molar-refractivity contribution in [1.82, 2.24) is 9.80 Å². The fourth-order valence-corrected chi connectivity index (χ4v) is 3.89. The number of likely N-dealkylation sites (tertiary alicyclic amines) is 1. The third kappa shape index (κ3) is 12.5. The predicted octanol–water partition coefficient (Wildman–Crippen LogP) is 6.52. The molecule has 0 saturated carbocycles. The Labute approximate surface area is 228 Å². The number of piperidine rings is 1. The molecule has 3 heterocycles. The molecule has 0 N–H and O–H groups in total. The lowest BCUT2D eigenvalue weighted by Gasteiger charge is -2.29. The largest absolute Gasteiger partial charge is 0.497 e. The van der Waals surface area contributed by atoms with Crippen LogP contribution >= 0.6 is 0 Å². The highest BCUT2D eigenvalue weighted by Gasteiger charge is 2.23. The number of hydrogen-bond donors (Lipinski definition) is 0. The van der Waals surface area contributed by atoms with Gasteiger partial charge in [-0.1, -0.05) is 45.9 Å². The predicted molar refractivity (Wildman–Crippen MR) is 151 cm³/mol. The summed E-state index contributed by atoms with van der Waals surface area (Å²) < 4.78 is 32.7. The van der Waals surface area contributed by atoms with Crippen molar-refractivity contribution in [3.05, 3.63) is 54.3 Å². The highest BCUT2D eigenvalue weighted by molar-refractivity contribution is 5.69. The lowest BCUT2D eigenvalue weighted by molar-refractivity contribution is 0.153. The number of hydrogen-bond acceptors (Lipinski definition) is 6. The lowest BCUT2D eigenvalue weighted by Crippen LogP contribution is -2.33. The molecule has 1 amide bonds. The average molecular weight is 535 g/mol. The first-order chi connectivity index (χ1) is 18.5. The number of benzene rings is 2. The van der Waals surface area contributed by atoms with Gasteiger partial charge in [0.2, 0.25) is 0 Å². The van der Waals surface area contributed by atoms with Crippen molar-refractivity contribution in [3.63, 3.8) is 0 Å². The molecule has 2 saturated heterocycles. The van der Waals surface area contributed by atoms with Crippen LogP contribution in [0.5, 0.6) is 17.2 Å². The molecule has 0 aromatic heterocycles. The maximum atomic E-state index is 12.6. The normalized spacial score (nSPS) is 16.1. The van der Waals surface area contributed by atoms with Gasteiger partial charge in [0.05, 0.1) is 13.7 Å². The number of ether oxygens (including phenoxy) is 4. The van der Waals surface area contributed by atoms with Crippen LogP contribution in [0.2, 0.25) is 0 Å². The fourth-order valence-electron chi connectivity index (χ4n) is 3.89. The number of fused-ring (bicyclic) bond motifs is 1. The summed E-state index contributed by atoms with van der Waals surface area (Å²) in [5.41, 5.74) is 0. The number of amides is 1. The zero-order valence-corrected chi connectivity index (χ0v) is 24.1. The molecule has 7 nitrogen and oxygen atoms in total. The molecule has 214 valence electrons. The van der Waals surface area contributed by atoms with E-state index in [1.807, 2.05) is 62.9 Å². The smallest absolute Gasteiger partial charge is 0.409 e. The SMILES string of the molecule is CC.CC.CN1CCC(CCN2CCOC2=O)CC1.COc1ccccc1.Fc1ccc2c(c1)OCCO2. The number of halogens is 1. The maximum Gasteiger partial charge on any atom is 0.409 e. The van der Waals surface area contributed by atoms with Gasteiger partial charge >= 0.3 is 6.09 Å². The van der Waals surface area contributed by atoms with Crippen molar-refractivity contribution < 1.29 is 28.1 Å². The van der Waals surface area contributed by atoms with Gasteiger partial charge < -0.3 is 28.7 Å². The molecule has 8 heteroatoms. The molecule has 2 aromatic carbocycles. The van der Waals surface area contributed by atoms with Crippen molar-refractivity contribution in [2.75, 3.05) is 60.2 Å². The number of para-hydroxylation sites is 1. The Morgan fingerprint density at radius 1 is 0.868 bits per heavy atom. The molecule has 2 aromatic rings. The van der Waals surface area contributed by atoms with E-state index in [0.29, 0.717) is 31.3 Å². The second-order valence-corrected chi connectivity index (χ2v) is 8.44. The number of nitrogens with zero attached hydrogens (tertiary/aromatic N) is 2. The number of carbonyl (C=O) groups is 1. The third-order valence-corrected chi connectivity index (χ3v) is 5.97. The quantitative estimate of drug-likeness (QED) is 0.445. The van der Waals surface area contributed by atoms with Crippen molar-refractivity contribution in [3.8, 4) is 17.2 Å². The van der Waals surface area contributed by atoms with E-state index in [2.05, 4.69) is 11.9 Å². The molecular weight excluding hydrogens is 487 g/mol. The van der Waals surface area contributed by atoms with E-state index >= 15 is 0 Å². The van der Waals surface area contributed by atoms with Gasteiger partial charge in [0.25, 0.3) is 0 Å². The Hall–Kier alpha value is -3.00. The first kappa shape index (κ1) is 33.0. The van der Waals surface area contributed by atoms with Crippen LogP contribution in [0.15, 0.2) is 48.5 Å². The molecule has 3 aliphatic heterocycles. The van der Waals surface area contributed by atoms with Gasteiger partial charge in [-0.05, 0) is 69.6 Å². The third-order valence-electron chi connectivity index (χ3n) is 5.97. The second kappa shape index (κ2) is 20.0. The summed E-state index contributed by atoms with van der Waals surface area (Å²) in [6.07, 6.45) is 3.57. The number of carbonyl (C=O) groups excluding carboxylic acids is 1. The monoisotopic (exact) mass is 534 g/mol. The minimum atomic E-state index is -0.297. The Kier molecular flexibility index (Phi) is 17.4. The van der Waals surface area contributed by atoms with E-state index < -0.39 is 0 Å². The lowest BCUT2D eigenvalue weighted by atomic mass is 9.94. The molecule has 5 rings (SSSR count).